The Morgan fingerprint density at radius 2 is 1.94 bits per heavy atom. The normalized spacial score (nSPS) is 28.9. The van der Waals surface area contributed by atoms with Gasteiger partial charge in [-0.25, -0.2) is 0 Å². The van der Waals surface area contributed by atoms with Gasteiger partial charge >= 0.3 is 0 Å². The number of amides is 1. The predicted octanol–water partition coefficient (Wildman–Crippen LogP) is 0.666. The van der Waals surface area contributed by atoms with Crippen molar-refractivity contribution in [1.29, 1.82) is 0 Å². The van der Waals surface area contributed by atoms with Gasteiger partial charge in [-0.1, -0.05) is 0 Å². The van der Waals surface area contributed by atoms with E-state index in [0.717, 1.165) is 32.5 Å². The summed E-state index contributed by atoms with van der Waals surface area (Å²) in [7, 11) is 2.12. The lowest BCUT2D eigenvalue weighted by atomic mass is 9.92. The van der Waals surface area contributed by atoms with E-state index >= 15 is 0 Å². The Hall–Kier alpha value is -0.610. The average molecular weight is 239 g/mol. The minimum Gasteiger partial charge on any atom is -0.338 e. The Bertz CT molecular complexity index is 321. The molecule has 1 saturated carbocycles. The smallest absolute Gasteiger partial charge is 0.242 e. The van der Waals surface area contributed by atoms with E-state index in [9.17, 15) is 4.79 Å². The van der Waals surface area contributed by atoms with Crippen LogP contribution in [0.2, 0.25) is 0 Å². The van der Waals surface area contributed by atoms with Crippen LogP contribution < -0.4 is 5.73 Å². The molecule has 1 atom stereocenters. The highest BCUT2D eigenvalue weighted by Gasteiger charge is 2.47. The molecule has 2 fully saturated rings. The summed E-state index contributed by atoms with van der Waals surface area (Å²) < 4.78 is 0. The van der Waals surface area contributed by atoms with Crippen molar-refractivity contribution in [2.24, 2.45) is 11.7 Å². The predicted molar refractivity (Wildman–Crippen MR) is 68.6 cm³/mol. The molecule has 0 aromatic heterocycles. The monoisotopic (exact) mass is 239 g/mol. The number of carbonyl (C=O) groups excluding carboxylic acids is 1. The molecular formula is C13H25N3O. The molecule has 98 valence electrons. The van der Waals surface area contributed by atoms with E-state index in [0.29, 0.717) is 5.92 Å². The summed E-state index contributed by atoms with van der Waals surface area (Å²) >= 11 is 0. The first-order chi connectivity index (χ1) is 7.75. The van der Waals surface area contributed by atoms with E-state index in [2.05, 4.69) is 25.8 Å². The SMILES string of the molecule is CN1CCN(C(=O)C(C)(N)C2CC2)CC1(C)C. The number of hydrogen-bond donors (Lipinski definition) is 1. The Kier molecular flexibility index (Phi) is 2.99. The van der Waals surface area contributed by atoms with Crippen molar-refractivity contribution in [3.8, 4) is 0 Å². The first-order valence-corrected chi connectivity index (χ1v) is 6.54. The molecule has 0 bridgehead atoms. The number of likely N-dealkylation sites (N-methyl/N-ethyl adjacent to an activating group) is 1. The quantitative estimate of drug-likeness (QED) is 0.770. The van der Waals surface area contributed by atoms with Crippen LogP contribution >= 0.6 is 0 Å². The molecule has 1 aliphatic heterocycles. The molecule has 1 unspecified atom stereocenters. The van der Waals surface area contributed by atoms with Crippen LogP contribution in [0.15, 0.2) is 0 Å². The van der Waals surface area contributed by atoms with E-state index in [1.165, 1.54) is 0 Å². The van der Waals surface area contributed by atoms with Crippen LogP contribution in [0.3, 0.4) is 0 Å². The first-order valence-electron chi connectivity index (χ1n) is 6.54. The topological polar surface area (TPSA) is 49.6 Å². The number of hydrogen-bond acceptors (Lipinski definition) is 3. The molecule has 0 spiro atoms. The van der Waals surface area contributed by atoms with Crippen LogP contribution in [-0.2, 0) is 4.79 Å². The maximum atomic E-state index is 12.5. The van der Waals surface area contributed by atoms with E-state index in [4.69, 9.17) is 5.73 Å². The van der Waals surface area contributed by atoms with Crippen molar-refractivity contribution in [2.75, 3.05) is 26.7 Å². The van der Waals surface area contributed by atoms with Crippen LogP contribution in [0.25, 0.3) is 0 Å². The standard InChI is InChI=1S/C13H25N3O/c1-12(2)9-16(8-7-15(12)4)11(17)13(3,14)10-5-6-10/h10H,5-9,14H2,1-4H3. The van der Waals surface area contributed by atoms with E-state index in [1.807, 2.05) is 11.8 Å². The molecule has 4 nitrogen and oxygen atoms in total. The fourth-order valence-corrected chi connectivity index (χ4v) is 2.61. The van der Waals surface area contributed by atoms with Crippen LogP contribution in [0.1, 0.15) is 33.6 Å². The summed E-state index contributed by atoms with van der Waals surface area (Å²) in [6.45, 7) is 8.77. The summed E-state index contributed by atoms with van der Waals surface area (Å²) in [4.78, 5) is 16.7. The third-order valence-electron chi connectivity index (χ3n) is 4.49. The highest BCUT2D eigenvalue weighted by Crippen LogP contribution is 2.39. The Morgan fingerprint density at radius 3 is 2.41 bits per heavy atom. The van der Waals surface area contributed by atoms with Gasteiger partial charge in [0.15, 0.2) is 0 Å². The van der Waals surface area contributed by atoms with Crippen molar-refractivity contribution >= 4 is 5.91 Å². The highest BCUT2D eigenvalue weighted by molar-refractivity contribution is 5.86. The largest absolute Gasteiger partial charge is 0.338 e. The Labute approximate surface area is 104 Å². The van der Waals surface area contributed by atoms with Gasteiger partial charge in [0.1, 0.15) is 0 Å². The van der Waals surface area contributed by atoms with Gasteiger partial charge < -0.3 is 10.6 Å². The number of nitrogens with zero attached hydrogens (tertiary/aromatic N) is 2. The second-order valence-electron chi connectivity index (χ2n) is 6.52. The molecule has 1 aliphatic carbocycles. The van der Waals surface area contributed by atoms with E-state index in [-0.39, 0.29) is 11.4 Å². The molecule has 0 aromatic rings. The van der Waals surface area contributed by atoms with Crippen molar-refractivity contribution in [1.82, 2.24) is 9.80 Å². The molecule has 0 aromatic carbocycles. The van der Waals surface area contributed by atoms with Gasteiger partial charge in [0.2, 0.25) is 5.91 Å². The summed E-state index contributed by atoms with van der Waals surface area (Å²) in [6, 6.07) is 0. The molecule has 17 heavy (non-hydrogen) atoms. The van der Waals surface area contributed by atoms with Gasteiger partial charge in [0.05, 0.1) is 5.54 Å². The van der Waals surface area contributed by atoms with Crippen LogP contribution in [-0.4, -0.2) is 53.5 Å². The van der Waals surface area contributed by atoms with Gasteiger partial charge in [-0.05, 0) is 46.6 Å². The minimum absolute atomic E-state index is 0.0491. The van der Waals surface area contributed by atoms with Gasteiger partial charge in [0.25, 0.3) is 0 Å². The second-order valence-corrected chi connectivity index (χ2v) is 6.52. The van der Waals surface area contributed by atoms with Crippen LogP contribution in [0, 0.1) is 5.92 Å². The fraction of sp³-hybridized carbons (Fsp3) is 0.923. The number of carbonyl (C=O) groups is 1. The molecule has 1 heterocycles. The molecule has 4 heteroatoms. The second kappa shape index (κ2) is 3.95. The zero-order valence-corrected chi connectivity index (χ0v) is 11.5. The Balaban J connectivity index is 2.06. The summed E-state index contributed by atoms with van der Waals surface area (Å²) in [5.74, 6) is 0.541. The number of nitrogens with two attached hydrogens (primary N) is 1. The third kappa shape index (κ3) is 2.33. The van der Waals surface area contributed by atoms with Gasteiger partial charge in [-0.3, -0.25) is 9.69 Å². The first kappa shape index (κ1) is 12.8. The zero-order valence-electron chi connectivity index (χ0n) is 11.5. The van der Waals surface area contributed by atoms with Crippen molar-refractivity contribution in [2.45, 2.75) is 44.7 Å². The summed E-state index contributed by atoms with van der Waals surface area (Å²) in [6.07, 6.45) is 2.21. The van der Waals surface area contributed by atoms with Crippen LogP contribution in [0.5, 0.6) is 0 Å². The van der Waals surface area contributed by atoms with Gasteiger partial charge in [0, 0.05) is 25.2 Å². The van der Waals surface area contributed by atoms with Crippen molar-refractivity contribution in [3.63, 3.8) is 0 Å². The van der Waals surface area contributed by atoms with Crippen molar-refractivity contribution < 1.29 is 4.79 Å². The molecule has 0 radical (unpaired) electrons. The minimum atomic E-state index is -0.647. The summed E-state index contributed by atoms with van der Waals surface area (Å²) in [5, 5.41) is 0. The number of rotatable bonds is 2. The van der Waals surface area contributed by atoms with Gasteiger partial charge in [-0.2, -0.15) is 0 Å². The lowest BCUT2D eigenvalue weighted by Crippen LogP contribution is -2.64. The zero-order chi connectivity index (χ0) is 12.8. The van der Waals surface area contributed by atoms with Crippen LogP contribution in [0.4, 0.5) is 0 Å². The molecule has 2 rings (SSSR count). The average Bonchev–Trinajstić information content (AvgIpc) is 3.04. The lowest BCUT2D eigenvalue weighted by molar-refractivity contribution is -0.141. The molecular weight excluding hydrogens is 214 g/mol. The highest BCUT2D eigenvalue weighted by atomic mass is 16.2. The third-order valence-corrected chi connectivity index (χ3v) is 4.49. The van der Waals surface area contributed by atoms with E-state index in [1.54, 1.807) is 0 Å². The molecule has 1 saturated heterocycles. The molecule has 2 aliphatic rings. The maximum absolute atomic E-state index is 12.5. The molecule has 2 N–H and O–H groups in total. The van der Waals surface area contributed by atoms with Crippen molar-refractivity contribution in [3.05, 3.63) is 0 Å². The lowest BCUT2D eigenvalue weighted by Gasteiger charge is -2.47. The summed E-state index contributed by atoms with van der Waals surface area (Å²) in [5.41, 5.74) is 5.62. The Morgan fingerprint density at radius 1 is 1.35 bits per heavy atom. The molecule has 1 amide bonds. The number of piperazine rings is 1. The fourth-order valence-electron chi connectivity index (χ4n) is 2.61. The maximum Gasteiger partial charge on any atom is 0.242 e. The van der Waals surface area contributed by atoms with Gasteiger partial charge in [-0.15, -0.1) is 0 Å². The van der Waals surface area contributed by atoms with E-state index < -0.39 is 5.54 Å².